The van der Waals surface area contributed by atoms with Gasteiger partial charge < -0.3 is 30.9 Å². The molecule has 5 rings (SSSR count). The Bertz CT molecular complexity index is 1720. The van der Waals surface area contributed by atoms with Crippen LogP contribution in [0.25, 0.3) is 0 Å². The minimum atomic E-state index is -3.60. The van der Waals surface area contributed by atoms with Crippen LogP contribution in [0, 0.1) is 28.6 Å². The summed E-state index contributed by atoms with van der Waals surface area (Å²) in [6.45, 7) is 16.9. The molecule has 0 bridgehead atoms. The summed E-state index contributed by atoms with van der Waals surface area (Å²) >= 11 is 0. The molecule has 0 aromatic rings. The number of esters is 1. The second-order valence-corrected chi connectivity index (χ2v) is 23.7. The number of hydrogen-bond donors (Lipinski definition) is 4. The van der Waals surface area contributed by atoms with Gasteiger partial charge in [0.2, 0.25) is 17.6 Å². The lowest BCUT2D eigenvalue weighted by Gasteiger charge is -2.44. The normalized spacial score (nSPS) is 25.7. The van der Waals surface area contributed by atoms with E-state index < -0.39 is 78.9 Å². The molecule has 0 radical (unpaired) electrons. The molecule has 5 fully saturated rings. The van der Waals surface area contributed by atoms with E-state index in [-0.39, 0.29) is 54.2 Å². The third-order valence-corrected chi connectivity index (χ3v) is 17.4. The van der Waals surface area contributed by atoms with Crippen molar-refractivity contribution in [1.82, 2.24) is 26.2 Å². The van der Waals surface area contributed by atoms with Gasteiger partial charge in [-0.1, -0.05) is 79.1 Å². The Labute approximate surface area is 352 Å². The number of hydrogen-bond acceptors (Lipinski definition) is 9. The number of rotatable bonds is 17. The molecule has 14 nitrogen and oxygen atoms in total. The van der Waals surface area contributed by atoms with E-state index in [1.807, 2.05) is 13.8 Å². The Balaban J connectivity index is 1.35. The molecule has 1 aliphatic heterocycles. The van der Waals surface area contributed by atoms with Gasteiger partial charge in [-0.25, -0.2) is 13.2 Å². The minimum absolute atomic E-state index is 0.0298. The van der Waals surface area contributed by atoms with E-state index >= 15 is 4.79 Å². The fourth-order valence-electron chi connectivity index (χ4n) is 9.97. The maximum Gasteiger partial charge on any atom is 0.315 e. The molecule has 4 aliphatic carbocycles. The van der Waals surface area contributed by atoms with Crippen LogP contribution in [0.3, 0.4) is 0 Å². The van der Waals surface area contributed by atoms with Crippen molar-refractivity contribution in [3.63, 3.8) is 0 Å². The Hall–Kier alpha value is -3.23. The summed E-state index contributed by atoms with van der Waals surface area (Å²) < 4.78 is 31.8. The van der Waals surface area contributed by atoms with Gasteiger partial charge >= 0.3 is 12.0 Å². The molecule has 59 heavy (non-hydrogen) atoms. The first-order valence-corrected chi connectivity index (χ1v) is 24.0. The second-order valence-electron chi connectivity index (χ2n) is 21.0. The summed E-state index contributed by atoms with van der Waals surface area (Å²) in [4.78, 5) is 84.3. The lowest BCUT2D eigenvalue weighted by Crippen LogP contribution is -2.65. The number of fused-ring (bicyclic) bond motifs is 1. The third kappa shape index (κ3) is 11.0. The van der Waals surface area contributed by atoms with Crippen molar-refractivity contribution in [3.05, 3.63) is 0 Å². The van der Waals surface area contributed by atoms with Gasteiger partial charge in [-0.05, 0) is 102 Å². The zero-order valence-corrected chi connectivity index (χ0v) is 38.0. The van der Waals surface area contributed by atoms with Crippen molar-refractivity contribution in [3.8, 4) is 0 Å². The van der Waals surface area contributed by atoms with Crippen molar-refractivity contribution < 1.29 is 41.9 Å². The number of ether oxygens (including phenoxy) is 1. The summed E-state index contributed by atoms with van der Waals surface area (Å²) in [7, 11) is -3.60. The van der Waals surface area contributed by atoms with Gasteiger partial charge in [0.05, 0.1) is 28.5 Å². The van der Waals surface area contributed by atoms with Gasteiger partial charge in [0.1, 0.15) is 17.7 Å². The Morgan fingerprint density at radius 2 is 1.44 bits per heavy atom. The lowest BCUT2D eigenvalue weighted by atomic mass is 9.70. The van der Waals surface area contributed by atoms with Gasteiger partial charge in [-0.3, -0.25) is 24.0 Å². The van der Waals surface area contributed by atoms with E-state index in [1.165, 1.54) is 0 Å². The van der Waals surface area contributed by atoms with Crippen LogP contribution < -0.4 is 21.3 Å². The number of nitrogens with one attached hydrogen (secondary N) is 4. The molecule has 5 aliphatic rings. The van der Waals surface area contributed by atoms with E-state index in [4.69, 9.17) is 4.74 Å². The third-order valence-electron chi connectivity index (χ3n) is 14.5. The molecular formula is C44H73N5O9S. The maximum atomic E-state index is 15.1. The predicted molar refractivity (Wildman–Crippen MR) is 225 cm³/mol. The molecule has 5 atom stereocenters. The Morgan fingerprint density at radius 1 is 0.847 bits per heavy atom. The van der Waals surface area contributed by atoms with Crippen LogP contribution in [0.15, 0.2) is 0 Å². The highest BCUT2D eigenvalue weighted by Gasteiger charge is 2.70. The smallest absolute Gasteiger partial charge is 0.315 e. The number of ketones is 1. The molecule has 0 aromatic heterocycles. The second kappa shape index (κ2) is 17.6. The summed E-state index contributed by atoms with van der Waals surface area (Å²) in [6, 6.07) is -3.59. The number of nitrogens with zero attached hydrogens (tertiary/aromatic N) is 1. The minimum Gasteiger partial charge on any atom is -0.460 e. The maximum absolute atomic E-state index is 15.1. The van der Waals surface area contributed by atoms with E-state index in [0.29, 0.717) is 38.6 Å². The van der Waals surface area contributed by atoms with Gasteiger partial charge in [-0.2, -0.15) is 0 Å². The topological polar surface area (TPSA) is 197 Å². The van der Waals surface area contributed by atoms with Crippen LogP contribution in [0.2, 0.25) is 0 Å². The van der Waals surface area contributed by atoms with Gasteiger partial charge in [-0.15, -0.1) is 0 Å². The quantitative estimate of drug-likeness (QED) is 0.114. The van der Waals surface area contributed by atoms with Crippen LogP contribution in [0.5, 0.6) is 0 Å². The number of amides is 5. The zero-order chi connectivity index (χ0) is 43.8. The van der Waals surface area contributed by atoms with Crippen molar-refractivity contribution in [1.29, 1.82) is 0 Å². The predicted octanol–water partition coefficient (Wildman–Crippen LogP) is 5.12. The number of piperidine rings is 1. The first-order valence-electron chi connectivity index (χ1n) is 22.3. The lowest BCUT2D eigenvalue weighted by molar-refractivity contribution is -0.154. The van der Waals surface area contributed by atoms with E-state index in [2.05, 4.69) is 35.1 Å². The Morgan fingerprint density at radius 3 is 2.00 bits per heavy atom. The SMILES string of the molecule is CCC(C)(C)S(=O)(=O)CC1(NC(=O)N[C@H](C(=O)N2C[C@H]3C([C@H]2C(=O)NC(CC2CC2)C(=O)C(=O)NCCC(=O)OC(C)(C)C)C3(C)C)C2(C)CCCCC2)CCCCC1. The van der Waals surface area contributed by atoms with Crippen LogP contribution in [-0.4, -0.2) is 102 Å². The Kier molecular flexibility index (Phi) is 14.0. The summed E-state index contributed by atoms with van der Waals surface area (Å²) in [5, 5.41) is 11.6. The highest BCUT2D eigenvalue weighted by Crippen LogP contribution is 2.65. The van der Waals surface area contributed by atoms with E-state index in [9.17, 15) is 32.4 Å². The summed E-state index contributed by atoms with van der Waals surface area (Å²) in [5.41, 5.74) is -2.52. The van der Waals surface area contributed by atoms with Gasteiger partial charge in [0.25, 0.3) is 5.91 Å². The largest absolute Gasteiger partial charge is 0.460 e. The number of Topliss-reactive ketones (excluding diaryl/α,β-unsaturated/α-hetero) is 1. The molecule has 334 valence electrons. The molecular weight excluding hydrogens is 775 g/mol. The van der Waals surface area contributed by atoms with Crippen molar-refractivity contribution in [2.45, 2.75) is 193 Å². The molecule has 2 unspecified atom stereocenters. The molecule has 4 saturated carbocycles. The first-order chi connectivity index (χ1) is 27.4. The van der Waals surface area contributed by atoms with Crippen LogP contribution in [0.4, 0.5) is 4.79 Å². The molecule has 0 aromatic carbocycles. The zero-order valence-electron chi connectivity index (χ0n) is 37.2. The van der Waals surface area contributed by atoms with Crippen molar-refractivity contribution in [2.24, 2.45) is 28.6 Å². The number of carbonyl (C=O) groups is 6. The molecule has 15 heteroatoms. The van der Waals surface area contributed by atoms with E-state index in [0.717, 1.165) is 51.4 Å². The van der Waals surface area contributed by atoms with Crippen LogP contribution >= 0.6 is 0 Å². The molecule has 4 N–H and O–H groups in total. The highest BCUT2D eigenvalue weighted by atomic mass is 32.2. The summed E-state index contributed by atoms with van der Waals surface area (Å²) in [5.74, 6) is -3.23. The van der Waals surface area contributed by atoms with Crippen molar-refractivity contribution >= 4 is 45.3 Å². The number of likely N-dealkylation sites (tertiary alicyclic amines) is 1. The van der Waals surface area contributed by atoms with Crippen LogP contribution in [-0.2, 0) is 38.5 Å². The molecule has 5 amide bonds. The van der Waals surface area contributed by atoms with E-state index in [1.54, 1.807) is 39.5 Å². The van der Waals surface area contributed by atoms with Gasteiger partial charge in [0.15, 0.2) is 9.84 Å². The molecule has 1 saturated heterocycles. The highest BCUT2D eigenvalue weighted by molar-refractivity contribution is 7.92. The number of carbonyl (C=O) groups excluding carboxylic acids is 6. The fraction of sp³-hybridized carbons (Fsp3) is 0.864. The molecule has 1 heterocycles. The van der Waals surface area contributed by atoms with Crippen LogP contribution in [0.1, 0.15) is 159 Å². The monoisotopic (exact) mass is 848 g/mol. The fourth-order valence-corrected chi connectivity index (χ4v) is 11.9. The standard InChI is InChI=1S/C44H73N5O9S/c1-10-41(5,6)59(56,57)27-44(22-15-12-16-23-44)48-39(55)47-35(43(9)20-13-11-14-21-43)38(54)49-26-29-32(42(29,7)8)33(49)36(52)46-30(25-28-17-18-28)34(51)37(53)45-24-19-31(50)58-40(2,3)4/h28-30,32-33,35H,10-27H2,1-9H3,(H,45,53)(H,46,52)(H2,47,48,55)/t29-,30?,32?,33-,35+/m0/s1. The van der Waals surface area contributed by atoms with Crippen molar-refractivity contribution in [2.75, 3.05) is 18.8 Å². The average molecular weight is 848 g/mol. The van der Waals surface area contributed by atoms with Gasteiger partial charge in [0, 0.05) is 13.1 Å². The summed E-state index contributed by atoms with van der Waals surface area (Å²) in [6.07, 6.45) is 10.1. The molecule has 0 spiro atoms. The number of urea groups is 1. The average Bonchev–Trinajstić information content (AvgIpc) is 4.00. The number of sulfone groups is 1. The first kappa shape index (κ1) is 46.8.